The van der Waals surface area contributed by atoms with Crippen molar-refractivity contribution in [2.24, 2.45) is 7.05 Å². The Morgan fingerprint density at radius 3 is 3.00 bits per heavy atom. The van der Waals surface area contributed by atoms with E-state index in [0.717, 1.165) is 12.0 Å². The van der Waals surface area contributed by atoms with Gasteiger partial charge in [0.05, 0.1) is 6.20 Å². The monoisotopic (exact) mass is 245 g/mol. The van der Waals surface area contributed by atoms with Crippen LogP contribution in [0.2, 0.25) is 0 Å². The highest BCUT2D eigenvalue weighted by Crippen LogP contribution is 2.01. The van der Waals surface area contributed by atoms with E-state index in [1.54, 1.807) is 29.1 Å². The fourth-order valence-electron chi connectivity index (χ4n) is 1.59. The van der Waals surface area contributed by atoms with Gasteiger partial charge in [0.2, 0.25) is 0 Å². The summed E-state index contributed by atoms with van der Waals surface area (Å²) in [5.74, 6) is 0.126. The molecule has 0 fully saturated rings. The second-order valence-electron chi connectivity index (χ2n) is 3.98. The van der Waals surface area contributed by atoms with E-state index in [1.165, 1.54) is 0 Å². The van der Waals surface area contributed by atoms with E-state index < -0.39 is 0 Å². The van der Waals surface area contributed by atoms with E-state index in [0.29, 0.717) is 18.1 Å². The van der Waals surface area contributed by atoms with E-state index in [9.17, 15) is 4.79 Å². The Labute approximate surface area is 105 Å². The quantitative estimate of drug-likeness (QED) is 0.814. The third-order valence-electron chi connectivity index (χ3n) is 2.46. The van der Waals surface area contributed by atoms with Crippen LogP contribution >= 0.6 is 0 Å². The molecule has 94 valence electrons. The van der Waals surface area contributed by atoms with E-state index in [2.05, 4.69) is 15.4 Å². The number of aromatic nitrogens is 3. The zero-order chi connectivity index (χ0) is 13.0. The van der Waals surface area contributed by atoms with Crippen LogP contribution in [0, 0.1) is 0 Å². The number of hydrogen-bond donors (Lipinski definition) is 2. The van der Waals surface area contributed by atoms with Crippen molar-refractivity contribution in [2.45, 2.75) is 6.42 Å². The average Bonchev–Trinajstić information content (AvgIpc) is 2.75. The lowest BCUT2D eigenvalue weighted by Gasteiger charge is -2.03. The SMILES string of the molecule is Cn1cc(CCNC(=O)c2cccc(N)n2)cn1. The molecule has 0 radical (unpaired) electrons. The first kappa shape index (κ1) is 12.1. The van der Waals surface area contributed by atoms with Crippen molar-refractivity contribution in [3.05, 3.63) is 41.9 Å². The molecule has 2 aromatic rings. The zero-order valence-electron chi connectivity index (χ0n) is 10.1. The van der Waals surface area contributed by atoms with Crippen LogP contribution in [-0.4, -0.2) is 27.2 Å². The van der Waals surface area contributed by atoms with Crippen LogP contribution in [0.25, 0.3) is 0 Å². The fraction of sp³-hybridized carbons (Fsp3) is 0.250. The average molecular weight is 245 g/mol. The number of carbonyl (C=O) groups is 1. The maximum absolute atomic E-state index is 11.7. The summed E-state index contributed by atoms with van der Waals surface area (Å²) in [4.78, 5) is 15.7. The molecular formula is C12H15N5O. The summed E-state index contributed by atoms with van der Waals surface area (Å²) < 4.78 is 1.73. The second-order valence-corrected chi connectivity index (χ2v) is 3.98. The van der Waals surface area contributed by atoms with Crippen LogP contribution in [0.3, 0.4) is 0 Å². The Morgan fingerprint density at radius 2 is 2.33 bits per heavy atom. The molecule has 0 saturated carbocycles. The third-order valence-corrected chi connectivity index (χ3v) is 2.46. The Kier molecular flexibility index (Phi) is 3.57. The van der Waals surface area contributed by atoms with Crippen LogP contribution in [0.4, 0.5) is 5.82 Å². The van der Waals surface area contributed by atoms with Crippen LogP contribution in [0.15, 0.2) is 30.6 Å². The zero-order valence-corrected chi connectivity index (χ0v) is 10.1. The molecule has 0 aromatic carbocycles. The summed E-state index contributed by atoms with van der Waals surface area (Å²) in [6.07, 6.45) is 4.44. The predicted octanol–water partition coefficient (Wildman–Crippen LogP) is 0.370. The molecule has 0 unspecified atom stereocenters. The van der Waals surface area contributed by atoms with Gasteiger partial charge in [-0.3, -0.25) is 9.48 Å². The van der Waals surface area contributed by atoms with E-state index >= 15 is 0 Å². The topological polar surface area (TPSA) is 85.8 Å². The molecule has 3 N–H and O–H groups in total. The van der Waals surface area contributed by atoms with Crippen molar-refractivity contribution < 1.29 is 4.79 Å². The maximum atomic E-state index is 11.7. The van der Waals surface area contributed by atoms with Gasteiger partial charge in [0.1, 0.15) is 11.5 Å². The highest BCUT2D eigenvalue weighted by molar-refractivity contribution is 5.92. The van der Waals surface area contributed by atoms with Gasteiger partial charge in [-0.15, -0.1) is 0 Å². The van der Waals surface area contributed by atoms with E-state index in [4.69, 9.17) is 5.73 Å². The van der Waals surface area contributed by atoms with Gasteiger partial charge in [-0.25, -0.2) is 4.98 Å². The van der Waals surface area contributed by atoms with E-state index in [-0.39, 0.29) is 5.91 Å². The van der Waals surface area contributed by atoms with Crippen molar-refractivity contribution in [1.82, 2.24) is 20.1 Å². The second kappa shape index (κ2) is 5.31. The van der Waals surface area contributed by atoms with Gasteiger partial charge in [0, 0.05) is 19.8 Å². The van der Waals surface area contributed by atoms with Gasteiger partial charge in [-0.1, -0.05) is 6.07 Å². The maximum Gasteiger partial charge on any atom is 0.269 e. The number of nitrogens with zero attached hydrogens (tertiary/aromatic N) is 3. The largest absolute Gasteiger partial charge is 0.384 e. The van der Waals surface area contributed by atoms with Crippen molar-refractivity contribution in [3.63, 3.8) is 0 Å². The molecule has 0 spiro atoms. The number of nitrogens with two attached hydrogens (primary N) is 1. The number of nitrogens with one attached hydrogen (secondary N) is 1. The van der Waals surface area contributed by atoms with Gasteiger partial charge < -0.3 is 11.1 Å². The number of anilines is 1. The smallest absolute Gasteiger partial charge is 0.269 e. The summed E-state index contributed by atoms with van der Waals surface area (Å²) in [6, 6.07) is 4.99. The highest BCUT2D eigenvalue weighted by atomic mass is 16.1. The summed E-state index contributed by atoms with van der Waals surface area (Å²) >= 11 is 0. The number of hydrogen-bond acceptors (Lipinski definition) is 4. The molecule has 0 bridgehead atoms. The van der Waals surface area contributed by atoms with Crippen molar-refractivity contribution >= 4 is 11.7 Å². The van der Waals surface area contributed by atoms with Crippen molar-refractivity contribution in [2.75, 3.05) is 12.3 Å². The minimum absolute atomic E-state index is 0.216. The lowest BCUT2D eigenvalue weighted by molar-refractivity contribution is 0.0949. The molecule has 0 atom stereocenters. The number of aryl methyl sites for hydroxylation is 1. The molecule has 1 amide bonds. The van der Waals surface area contributed by atoms with Gasteiger partial charge in [0.15, 0.2) is 0 Å². The third kappa shape index (κ3) is 3.07. The molecule has 6 nitrogen and oxygen atoms in total. The van der Waals surface area contributed by atoms with Crippen LogP contribution in [-0.2, 0) is 13.5 Å². The molecule has 0 aliphatic rings. The number of amides is 1. The minimum Gasteiger partial charge on any atom is -0.384 e. The van der Waals surface area contributed by atoms with Crippen molar-refractivity contribution in [1.29, 1.82) is 0 Å². The lowest BCUT2D eigenvalue weighted by Crippen LogP contribution is -2.26. The highest BCUT2D eigenvalue weighted by Gasteiger charge is 2.06. The summed E-state index contributed by atoms with van der Waals surface area (Å²) in [5, 5.41) is 6.85. The van der Waals surface area contributed by atoms with Crippen LogP contribution in [0.1, 0.15) is 16.1 Å². The number of rotatable bonds is 4. The fourth-order valence-corrected chi connectivity index (χ4v) is 1.59. The molecule has 0 aliphatic carbocycles. The van der Waals surface area contributed by atoms with Gasteiger partial charge in [0.25, 0.3) is 5.91 Å². The van der Waals surface area contributed by atoms with Crippen molar-refractivity contribution in [3.8, 4) is 0 Å². The first-order valence-electron chi connectivity index (χ1n) is 5.63. The van der Waals surface area contributed by atoms with Gasteiger partial charge >= 0.3 is 0 Å². The van der Waals surface area contributed by atoms with Gasteiger partial charge in [-0.2, -0.15) is 5.10 Å². The first-order chi connectivity index (χ1) is 8.65. The first-order valence-corrected chi connectivity index (χ1v) is 5.63. The Bertz CT molecular complexity index is 549. The molecule has 6 heteroatoms. The van der Waals surface area contributed by atoms with Gasteiger partial charge in [-0.05, 0) is 24.1 Å². The summed E-state index contributed by atoms with van der Waals surface area (Å²) in [5.41, 5.74) is 6.93. The van der Waals surface area contributed by atoms with E-state index in [1.807, 2.05) is 13.2 Å². The predicted molar refractivity (Wildman–Crippen MR) is 67.9 cm³/mol. The molecular weight excluding hydrogens is 230 g/mol. The summed E-state index contributed by atoms with van der Waals surface area (Å²) in [6.45, 7) is 0.543. The number of pyridine rings is 1. The normalized spacial score (nSPS) is 10.3. The number of nitrogen functional groups attached to an aromatic ring is 1. The molecule has 2 rings (SSSR count). The molecule has 0 aliphatic heterocycles. The molecule has 0 saturated heterocycles. The Hall–Kier alpha value is -2.37. The van der Waals surface area contributed by atoms with Crippen LogP contribution < -0.4 is 11.1 Å². The Morgan fingerprint density at radius 1 is 1.50 bits per heavy atom. The standard InChI is InChI=1S/C12H15N5O/c1-17-8-9(7-15-17)5-6-14-12(18)10-3-2-4-11(13)16-10/h2-4,7-8H,5-6H2,1H3,(H2,13,16)(H,14,18). The Balaban J connectivity index is 1.85. The minimum atomic E-state index is -0.216. The molecule has 2 aromatic heterocycles. The van der Waals surface area contributed by atoms with Crippen LogP contribution in [0.5, 0.6) is 0 Å². The molecule has 2 heterocycles. The summed E-state index contributed by atoms with van der Waals surface area (Å²) in [7, 11) is 1.86. The number of carbonyl (C=O) groups excluding carboxylic acids is 1. The molecule has 18 heavy (non-hydrogen) atoms. The lowest BCUT2D eigenvalue weighted by atomic mass is 10.2.